The number of carbonyl (C=O) groups excluding carboxylic acids is 1. The second-order valence-corrected chi connectivity index (χ2v) is 3.74. The first kappa shape index (κ1) is 10.1. The van der Waals surface area contributed by atoms with Crippen LogP contribution in [0.4, 0.5) is 14.5 Å². The molecule has 0 bridgehead atoms. The molecule has 1 aliphatic heterocycles. The topological polar surface area (TPSA) is 20.3 Å². The van der Waals surface area contributed by atoms with Crippen molar-refractivity contribution in [2.75, 3.05) is 18.0 Å². The third-order valence-electron chi connectivity index (χ3n) is 2.60. The lowest BCUT2D eigenvalue weighted by atomic mass is 10.2. The molecule has 0 saturated carbocycles. The lowest BCUT2D eigenvalue weighted by Gasteiger charge is -2.18. The highest BCUT2D eigenvalue weighted by Crippen LogP contribution is 2.27. The van der Waals surface area contributed by atoms with E-state index >= 15 is 0 Å². The molecule has 15 heavy (non-hydrogen) atoms. The van der Waals surface area contributed by atoms with Crippen LogP contribution < -0.4 is 4.90 Å². The molecule has 0 atom stereocenters. The summed E-state index contributed by atoms with van der Waals surface area (Å²) >= 11 is 0. The van der Waals surface area contributed by atoms with Crippen LogP contribution in [0.3, 0.4) is 0 Å². The predicted octanol–water partition coefficient (Wildman–Crippen LogP) is 2.05. The monoisotopic (exact) mass is 211 g/mol. The molecule has 1 aliphatic rings. The molecule has 1 fully saturated rings. The van der Waals surface area contributed by atoms with Crippen LogP contribution in [-0.2, 0) is 4.79 Å². The Labute approximate surface area is 86.5 Å². The number of ketones is 1. The van der Waals surface area contributed by atoms with Crippen LogP contribution >= 0.6 is 0 Å². The van der Waals surface area contributed by atoms with Crippen LogP contribution in [0.5, 0.6) is 0 Å². The summed E-state index contributed by atoms with van der Waals surface area (Å²) < 4.78 is 27.1. The van der Waals surface area contributed by atoms with Crippen molar-refractivity contribution in [2.45, 2.75) is 13.3 Å². The number of Topliss-reactive ketones (excluding diaryl/α,β-unsaturated/α-hetero) is 1. The minimum absolute atomic E-state index is 0.0234. The summed E-state index contributed by atoms with van der Waals surface area (Å²) in [4.78, 5) is 12.5. The van der Waals surface area contributed by atoms with Crippen LogP contribution in [0.25, 0.3) is 0 Å². The SMILES string of the molecule is Cc1ccc(F)c(N2CCC(=O)C2)c1F. The molecule has 0 N–H and O–H groups in total. The minimum atomic E-state index is -0.604. The molecule has 0 aromatic heterocycles. The Balaban J connectivity index is 2.43. The molecule has 0 radical (unpaired) electrons. The first-order chi connectivity index (χ1) is 7.09. The fourth-order valence-corrected chi connectivity index (χ4v) is 1.75. The standard InChI is InChI=1S/C11H11F2NO/c1-7-2-3-9(12)11(10(7)13)14-5-4-8(15)6-14/h2-3H,4-6H2,1H3. The average Bonchev–Trinajstić information content (AvgIpc) is 2.59. The van der Waals surface area contributed by atoms with Crippen LogP contribution in [0.2, 0.25) is 0 Å². The molecule has 80 valence electrons. The Morgan fingerprint density at radius 1 is 1.33 bits per heavy atom. The normalized spacial score (nSPS) is 16.2. The molecular weight excluding hydrogens is 200 g/mol. The molecule has 1 aromatic rings. The van der Waals surface area contributed by atoms with Crippen LogP contribution in [0.1, 0.15) is 12.0 Å². The highest BCUT2D eigenvalue weighted by Gasteiger charge is 2.25. The van der Waals surface area contributed by atoms with Crippen molar-refractivity contribution in [3.05, 3.63) is 29.3 Å². The number of nitrogens with zero attached hydrogens (tertiary/aromatic N) is 1. The number of hydrogen-bond donors (Lipinski definition) is 0. The van der Waals surface area contributed by atoms with Gasteiger partial charge >= 0.3 is 0 Å². The fourth-order valence-electron chi connectivity index (χ4n) is 1.75. The largest absolute Gasteiger partial charge is 0.359 e. The Bertz CT molecular complexity index is 417. The van der Waals surface area contributed by atoms with Gasteiger partial charge in [0.2, 0.25) is 0 Å². The summed E-state index contributed by atoms with van der Waals surface area (Å²) in [7, 11) is 0. The van der Waals surface area contributed by atoms with E-state index in [2.05, 4.69) is 0 Å². The van der Waals surface area contributed by atoms with Gasteiger partial charge in [-0.2, -0.15) is 0 Å². The molecule has 0 amide bonds. The van der Waals surface area contributed by atoms with Crippen molar-refractivity contribution >= 4 is 11.5 Å². The van der Waals surface area contributed by atoms with Gasteiger partial charge in [0.1, 0.15) is 11.5 Å². The van der Waals surface area contributed by atoms with Gasteiger partial charge in [-0.1, -0.05) is 6.07 Å². The zero-order chi connectivity index (χ0) is 11.0. The fraction of sp³-hybridized carbons (Fsp3) is 0.364. The lowest BCUT2D eigenvalue weighted by molar-refractivity contribution is -0.116. The summed E-state index contributed by atoms with van der Waals surface area (Å²) in [6, 6.07) is 2.63. The quantitative estimate of drug-likeness (QED) is 0.708. The zero-order valence-electron chi connectivity index (χ0n) is 8.39. The van der Waals surface area contributed by atoms with E-state index in [0.29, 0.717) is 18.5 Å². The number of hydrogen-bond acceptors (Lipinski definition) is 2. The minimum Gasteiger partial charge on any atom is -0.359 e. The Hall–Kier alpha value is -1.45. The molecule has 4 heteroatoms. The molecule has 1 saturated heterocycles. The zero-order valence-corrected chi connectivity index (χ0v) is 8.39. The molecule has 0 spiro atoms. The van der Waals surface area contributed by atoms with Gasteiger partial charge in [0.15, 0.2) is 11.6 Å². The Morgan fingerprint density at radius 2 is 2.07 bits per heavy atom. The molecule has 2 rings (SSSR count). The molecular formula is C11H11F2NO. The maximum absolute atomic E-state index is 13.6. The third-order valence-corrected chi connectivity index (χ3v) is 2.60. The van der Waals surface area contributed by atoms with Crippen molar-refractivity contribution in [3.63, 3.8) is 0 Å². The van der Waals surface area contributed by atoms with E-state index in [9.17, 15) is 13.6 Å². The highest BCUT2D eigenvalue weighted by molar-refractivity contribution is 5.87. The smallest absolute Gasteiger partial charge is 0.153 e. The summed E-state index contributed by atoms with van der Waals surface area (Å²) in [6.07, 6.45) is 0.368. The molecule has 0 unspecified atom stereocenters. The van der Waals surface area contributed by atoms with E-state index in [1.165, 1.54) is 17.0 Å². The van der Waals surface area contributed by atoms with Crippen molar-refractivity contribution in [3.8, 4) is 0 Å². The van der Waals surface area contributed by atoms with Crippen molar-refractivity contribution in [1.82, 2.24) is 0 Å². The summed E-state index contributed by atoms with van der Waals surface area (Å²) in [6.45, 7) is 2.09. The van der Waals surface area contributed by atoms with Gasteiger partial charge < -0.3 is 4.90 Å². The highest BCUT2D eigenvalue weighted by atomic mass is 19.1. The number of carbonyl (C=O) groups is 1. The van der Waals surface area contributed by atoms with Gasteiger partial charge in [0.25, 0.3) is 0 Å². The van der Waals surface area contributed by atoms with E-state index in [-0.39, 0.29) is 18.0 Å². The average molecular weight is 211 g/mol. The van der Waals surface area contributed by atoms with Gasteiger partial charge in [0.05, 0.1) is 6.54 Å². The maximum atomic E-state index is 13.6. The third kappa shape index (κ3) is 1.71. The predicted molar refractivity (Wildman–Crippen MR) is 52.9 cm³/mol. The van der Waals surface area contributed by atoms with Crippen molar-refractivity contribution in [1.29, 1.82) is 0 Å². The van der Waals surface area contributed by atoms with Gasteiger partial charge in [-0.3, -0.25) is 4.79 Å². The van der Waals surface area contributed by atoms with E-state index in [1.807, 2.05) is 0 Å². The number of benzene rings is 1. The summed E-state index contributed by atoms with van der Waals surface area (Å²) in [5.41, 5.74) is 0.326. The first-order valence-corrected chi connectivity index (χ1v) is 4.81. The van der Waals surface area contributed by atoms with Crippen LogP contribution in [0, 0.1) is 18.6 Å². The van der Waals surface area contributed by atoms with Gasteiger partial charge in [0, 0.05) is 13.0 Å². The second-order valence-electron chi connectivity index (χ2n) is 3.74. The van der Waals surface area contributed by atoms with Gasteiger partial charge in [-0.05, 0) is 18.6 Å². The van der Waals surface area contributed by atoms with Crippen LogP contribution in [-0.4, -0.2) is 18.9 Å². The molecule has 0 aliphatic carbocycles. The van der Waals surface area contributed by atoms with E-state index in [1.54, 1.807) is 6.92 Å². The Morgan fingerprint density at radius 3 is 2.67 bits per heavy atom. The van der Waals surface area contributed by atoms with E-state index in [0.717, 1.165) is 0 Å². The molecule has 2 nitrogen and oxygen atoms in total. The molecule has 1 aromatic carbocycles. The number of anilines is 1. The van der Waals surface area contributed by atoms with Crippen molar-refractivity contribution < 1.29 is 13.6 Å². The molecule has 1 heterocycles. The maximum Gasteiger partial charge on any atom is 0.153 e. The number of halogens is 2. The Kier molecular flexibility index (Phi) is 2.42. The summed E-state index contributed by atoms with van der Waals surface area (Å²) in [5.74, 6) is -1.15. The van der Waals surface area contributed by atoms with Crippen molar-refractivity contribution in [2.24, 2.45) is 0 Å². The number of aryl methyl sites for hydroxylation is 1. The first-order valence-electron chi connectivity index (χ1n) is 4.81. The summed E-state index contributed by atoms with van der Waals surface area (Å²) in [5, 5.41) is 0. The van der Waals surface area contributed by atoms with Gasteiger partial charge in [-0.15, -0.1) is 0 Å². The lowest BCUT2D eigenvalue weighted by Crippen LogP contribution is -2.22. The van der Waals surface area contributed by atoms with Gasteiger partial charge in [-0.25, -0.2) is 8.78 Å². The number of rotatable bonds is 1. The second kappa shape index (κ2) is 3.61. The van der Waals surface area contributed by atoms with E-state index < -0.39 is 11.6 Å². The van der Waals surface area contributed by atoms with Crippen LogP contribution in [0.15, 0.2) is 12.1 Å². The van der Waals surface area contributed by atoms with E-state index in [4.69, 9.17) is 0 Å².